The van der Waals surface area contributed by atoms with Crippen LogP contribution in [0.15, 0.2) is 0 Å². The summed E-state index contributed by atoms with van der Waals surface area (Å²) < 4.78 is 22.7. The van der Waals surface area contributed by atoms with E-state index in [-0.39, 0.29) is 17.4 Å². The lowest BCUT2D eigenvalue weighted by Gasteiger charge is -2.31. The first-order valence-electron chi connectivity index (χ1n) is 7.23. The molecule has 0 radical (unpaired) electrons. The molecule has 1 aliphatic heterocycles. The first kappa shape index (κ1) is 14.8. The summed E-state index contributed by atoms with van der Waals surface area (Å²) in [6, 6.07) is -0.455. The number of nitrogens with zero attached hydrogens (tertiary/aromatic N) is 1. The second-order valence-electron chi connectivity index (χ2n) is 5.82. The third-order valence-electron chi connectivity index (χ3n) is 4.29. The number of hydrogen-bond acceptors (Lipinski definition) is 4. The molecule has 1 saturated heterocycles. The maximum atomic E-state index is 12.2. The number of sulfone groups is 1. The van der Waals surface area contributed by atoms with Gasteiger partial charge in [0.05, 0.1) is 17.5 Å². The van der Waals surface area contributed by atoms with Crippen molar-refractivity contribution < 1.29 is 13.2 Å². The van der Waals surface area contributed by atoms with Crippen LogP contribution in [0.1, 0.15) is 38.5 Å². The molecule has 0 aromatic carbocycles. The molecule has 1 aliphatic carbocycles. The van der Waals surface area contributed by atoms with Crippen LogP contribution < -0.4 is 5.73 Å². The molecule has 1 amide bonds. The lowest BCUT2D eigenvalue weighted by molar-refractivity contribution is -0.132. The van der Waals surface area contributed by atoms with Gasteiger partial charge in [0, 0.05) is 13.1 Å². The summed E-state index contributed by atoms with van der Waals surface area (Å²) in [6.07, 6.45) is 6.89. The van der Waals surface area contributed by atoms with Crippen LogP contribution in [0.4, 0.5) is 0 Å². The second-order valence-corrected chi connectivity index (χ2v) is 8.13. The molecule has 0 aromatic rings. The maximum absolute atomic E-state index is 12.2. The molecular formula is C13H24N2O3S. The highest BCUT2D eigenvalue weighted by molar-refractivity contribution is 7.91. The molecule has 2 rings (SSSR count). The van der Waals surface area contributed by atoms with Crippen LogP contribution in [0.3, 0.4) is 0 Å². The highest BCUT2D eigenvalue weighted by atomic mass is 32.2. The molecule has 2 N–H and O–H groups in total. The van der Waals surface area contributed by atoms with Crippen molar-refractivity contribution in [2.45, 2.75) is 44.6 Å². The van der Waals surface area contributed by atoms with E-state index in [1.54, 1.807) is 4.90 Å². The molecule has 0 bridgehead atoms. The van der Waals surface area contributed by atoms with Crippen LogP contribution in [0.2, 0.25) is 0 Å². The van der Waals surface area contributed by atoms with Gasteiger partial charge in [-0.25, -0.2) is 8.42 Å². The average Bonchev–Trinajstić information content (AvgIpc) is 2.39. The van der Waals surface area contributed by atoms with Gasteiger partial charge >= 0.3 is 0 Å². The Kier molecular flexibility index (Phi) is 4.84. The quantitative estimate of drug-likeness (QED) is 0.822. The predicted octanol–water partition coefficient (Wildman–Crippen LogP) is 0.541. The number of nitrogens with two attached hydrogens (primary N) is 1. The zero-order chi connectivity index (χ0) is 13.9. The smallest absolute Gasteiger partial charge is 0.239 e. The lowest BCUT2D eigenvalue weighted by Crippen LogP contribution is -2.50. The van der Waals surface area contributed by atoms with Crippen molar-refractivity contribution in [1.29, 1.82) is 0 Å². The molecule has 1 unspecified atom stereocenters. The Hall–Kier alpha value is -0.620. The van der Waals surface area contributed by atoms with Crippen molar-refractivity contribution in [1.82, 2.24) is 4.90 Å². The van der Waals surface area contributed by atoms with Crippen LogP contribution in [0.5, 0.6) is 0 Å². The van der Waals surface area contributed by atoms with E-state index in [1.165, 1.54) is 32.1 Å². The predicted molar refractivity (Wildman–Crippen MR) is 74.4 cm³/mol. The molecule has 0 aromatic heterocycles. The largest absolute Gasteiger partial charge is 0.339 e. The average molecular weight is 288 g/mol. The van der Waals surface area contributed by atoms with Gasteiger partial charge in [-0.3, -0.25) is 4.79 Å². The first-order valence-corrected chi connectivity index (χ1v) is 9.05. The Morgan fingerprint density at radius 1 is 1.16 bits per heavy atom. The molecule has 1 heterocycles. The molecule has 1 saturated carbocycles. The fourth-order valence-corrected chi connectivity index (χ4v) is 4.25. The molecule has 1 atom stereocenters. The summed E-state index contributed by atoms with van der Waals surface area (Å²) in [5.41, 5.74) is 6.01. The summed E-state index contributed by atoms with van der Waals surface area (Å²) in [4.78, 5) is 13.8. The zero-order valence-electron chi connectivity index (χ0n) is 11.4. The van der Waals surface area contributed by atoms with E-state index < -0.39 is 15.9 Å². The normalized spacial score (nSPS) is 26.1. The summed E-state index contributed by atoms with van der Waals surface area (Å²) in [5.74, 6) is 0.658. The van der Waals surface area contributed by atoms with E-state index in [0.29, 0.717) is 19.0 Å². The Morgan fingerprint density at radius 3 is 2.32 bits per heavy atom. The lowest BCUT2D eigenvalue weighted by atomic mass is 9.85. The zero-order valence-corrected chi connectivity index (χ0v) is 12.2. The summed E-state index contributed by atoms with van der Waals surface area (Å²) in [7, 11) is -2.94. The number of carbonyl (C=O) groups is 1. The minimum absolute atomic E-state index is 0.0690. The van der Waals surface area contributed by atoms with Gasteiger partial charge < -0.3 is 10.6 Å². The fraction of sp³-hybridized carbons (Fsp3) is 0.923. The molecule has 0 spiro atoms. The van der Waals surface area contributed by atoms with E-state index in [1.807, 2.05) is 0 Å². The fourth-order valence-electron chi connectivity index (χ4n) is 3.05. The summed E-state index contributed by atoms with van der Waals surface area (Å²) >= 11 is 0. The molecule has 5 nitrogen and oxygen atoms in total. The monoisotopic (exact) mass is 288 g/mol. The molecule has 19 heavy (non-hydrogen) atoms. The summed E-state index contributed by atoms with van der Waals surface area (Å²) in [6.45, 7) is 0.610. The van der Waals surface area contributed by atoms with Crippen LogP contribution in [0.25, 0.3) is 0 Å². The highest BCUT2D eigenvalue weighted by Crippen LogP contribution is 2.27. The van der Waals surface area contributed by atoms with Gasteiger partial charge in [0.2, 0.25) is 5.91 Å². The van der Waals surface area contributed by atoms with Gasteiger partial charge in [0.25, 0.3) is 0 Å². The minimum atomic E-state index is -2.94. The molecule has 6 heteroatoms. The van der Waals surface area contributed by atoms with Crippen molar-refractivity contribution in [2.75, 3.05) is 24.6 Å². The number of carbonyl (C=O) groups excluding carboxylic acids is 1. The van der Waals surface area contributed by atoms with E-state index in [4.69, 9.17) is 5.73 Å². The van der Waals surface area contributed by atoms with Gasteiger partial charge in [0.1, 0.15) is 0 Å². The van der Waals surface area contributed by atoms with E-state index in [2.05, 4.69) is 0 Å². The first-order chi connectivity index (χ1) is 8.98. The third kappa shape index (κ3) is 4.18. The number of hydrogen-bond donors (Lipinski definition) is 1. The van der Waals surface area contributed by atoms with Crippen molar-refractivity contribution in [3.63, 3.8) is 0 Å². The Morgan fingerprint density at radius 2 is 1.74 bits per heavy atom. The highest BCUT2D eigenvalue weighted by Gasteiger charge is 2.29. The van der Waals surface area contributed by atoms with E-state index >= 15 is 0 Å². The Labute approximate surface area is 115 Å². The van der Waals surface area contributed by atoms with Crippen LogP contribution in [-0.4, -0.2) is 49.9 Å². The van der Waals surface area contributed by atoms with Crippen molar-refractivity contribution >= 4 is 15.7 Å². The Balaban J connectivity index is 1.82. The minimum Gasteiger partial charge on any atom is -0.339 e. The molecular weight excluding hydrogens is 264 g/mol. The standard InChI is InChI=1S/C13H24N2O3S/c14-12(10-11-4-2-1-3-5-11)13(16)15-6-8-19(17,18)9-7-15/h11-12H,1-10,14H2. The third-order valence-corrected chi connectivity index (χ3v) is 5.89. The second kappa shape index (κ2) is 6.22. The topological polar surface area (TPSA) is 80.5 Å². The SMILES string of the molecule is NC(CC1CCCCC1)C(=O)N1CCS(=O)(=O)CC1. The van der Waals surface area contributed by atoms with E-state index in [0.717, 1.165) is 6.42 Å². The van der Waals surface area contributed by atoms with Crippen molar-refractivity contribution in [3.8, 4) is 0 Å². The Bertz CT molecular complexity index is 402. The van der Waals surface area contributed by atoms with Crippen LogP contribution in [-0.2, 0) is 14.6 Å². The molecule has 110 valence electrons. The van der Waals surface area contributed by atoms with Gasteiger partial charge in [-0.1, -0.05) is 32.1 Å². The van der Waals surface area contributed by atoms with Crippen molar-refractivity contribution in [3.05, 3.63) is 0 Å². The van der Waals surface area contributed by atoms with Gasteiger partial charge in [-0.05, 0) is 12.3 Å². The van der Waals surface area contributed by atoms with Crippen LogP contribution >= 0.6 is 0 Å². The van der Waals surface area contributed by atoms with E-state index in [9.17, 15) is 13.2 Å². The van der Waals surface area contributed by atoms with Gasteiger partial charge in [-0.2, -0.15) is 0 Å². The van der Waals surface area contributed by atoms with Gasteiger partial charge in [-0.15, -0.1) is 0 Å². The van der Waals surface area contributed by atoms with Crippen molar-refractivity contribution in [2.24, 2.45) is 11.7 Å². The van der Waals surface area contributed by atoms with Gasteiger partial charge in [0.15, 0.2) is 9.84 Å². The maximum Gasteiger partial charge on any atom is 0.239 e. The van der Waals surface area contributed by atoms with Crippen LogP contribution in [0, 0.1) is 5.92 Å². The number of rotatable bonds is 3. The molecule has 2 fully saturated rings. The number of amides is 1. The molecule has 2 aliphatic rings. The summed E-state index contributed by atoms with van der Waals surface area (Å²) in [5, 5.41) is 0.